The van der Waals surface area contributed by atoms with Crippen LogP contribution in [-0.2, 0) is 0 Å². The van der Waals surface area contributed by atoms with Crippen LogP contribution in [-0.4, -0.2) is 54.2 Å². The first-order valence-electron chi connectivity index (χ1n) is 9.68. The molecule has 0 spiro atoms. The van der Waals surface area contributed by atoms with Crippen LogP contribution < -0.4 is 10.1 Å². The molecule has 1 aromatic carbocycles. The van der Waals surface area contributed by atoms with E-state index in [0.29, 0.717) is 0 Å². The van der Waals surface area contributed by atoms with E-state index in [1.165, 1.54) is 32.1 Å². The summed E-state index contributed by atoms with van der Waals surface area (Å²) in [5, 5.41) is 3.00. The van der Waals surface area contributed by atoms with Crippen molar-refractivity contribution in [1.29, 1.82) is 0 Å². The number of carbonyl (C=O) groups is 1. The molecule has 0 bridgehead atoms. The largest absolute Gasteiger partial charge is 0.491 e. The molecule has 5 nitrogen and oxygen atoms in total. The Morgan fingerprint density at radius 3 is 2.28 bits per heavy atom. The normalized spacial score (nSPS) is 19.9. The van der Waals surface area contributed by atoms with Crippen molar-refractivity contribution in [2.45, 2.75) is 58.1 Å². The van der Waals surface area contributed by atoms with Crippen molar-refractivity contribution in [2.75, 3.05) is 31.5 Å². The maximum absolute atomic E-state index is 12.5. The average Bonchev–Trinajstić information content (AvgIpc) is 2.64. The number of urea groups is 1. The minimum Gasteiger partial charge on any atom is -0.491 e. The molecule has 1 saturated carbocycles. The van der Waals surface area contributed by atoms with E-state index in [9.17, 15) is 4.79 Å². The number of amides is 2. The van der Waals surface area contributed by atoms with E-state index >= 15 is 0 Å². The van der Waals surface area contributed by atoms with Crippen molar-refractivity contribution >= 4 is 11.7 Å². The third kappa shape index (κ3) is 5.11. The van der Waals surface area contributed by atoms with Gasteiger partial charge in [0.15, 0.2) is 0 Å². The molecule has 138 valence electrons. The number of ether oxygens (including phenoxy) is 1. The number of hydrogen-bond donors (Lipinski definition) is 1. The molecule has 1 N–H and O–H groups in total. The van der Waals surface area contributed by atoms with Gasteiger partial charge in [-0.15, -0.1) is 0 Å². The Kier molecular flexibility index (Phi) is 6.19. The van der Waals surface area contributed by atoms with E-state index in [-0.39, 0.29) is 12.1 Å². The van der Waals surface area contributed by atoms with Crippen LogP contribution in [0.25, 0.3) is 0 Å². The maximum atomic E-state index is 12.5. The fraction of sp³-hybridized carbons (Fsp3) is 0.650. The second kappa shape index (κ2) is 8.56. The van der Waals surface area contributed by atoms with Gasteiger partial charge in [-0.2, -0.15) is 0 Å². The molecule has 1 aliphatic carbocycles. The second-order valence-corrected chi connectivity index (χ2v) is 7.44. The maximum Gasteiger partial charge on any atom is 0.321 e. The summed E-state index contributed by atoms with van der Waals surface area (Å²) in [7, 11) is 0. The van der Waals surface area contributed by atoms with E-state index in [1.807, 2.05) is 43.0 Å². The molecule has 1 aliphatic heterocycles. The first kappa shape index (κ1) is 18.1. The molecular weight excluding hydrogens is 314 g/mol. The standard InChI is InChI=1S/C20H31N3O2/c1-16(2)25-19-10-8-17(9-11-19)21-20(24)23-14-12-22(13-15-23)18-6-4-3-5-7-18/h8-11,16,18H,3-7,12-15H2,1-2H3,(H,21,24). The van der Waals surface area contributed by atoms with Crippen molar-refractivity contribution in [1.82, 2.24) is 9.80 Å². The number of anilines is 1. The molecule has 2 fully saturated rings. The van der Waals surface area contributed by atoms with Gasteiger partial charge in [0.2, 0.25) is 0 Å². The zero-order valence-corrected chi connectivity index (χ0v) is 15.5. The quantitative estimate of drug-likeness (QED) is 0.898. The van der Waals surface area contributed by atoms with E-state index in [0.717, 1.165) is 43.7 Å². The molecular formula is C20H31N3O2. The number of benzene rings is 1. The fourth-order valence-electron chi connectivity index (χ4n) is 3.83. The molecule has 25 heavy (non-hydrogen) atoms. The lowest BCUT2D eigenvalue weighted by atomic mass is 9.94. The first-order valence-corrected chi connectivity index (χ1v) is 9.68. The number of rotatable bonds is 4. The Hall–Kier alpha value is -1.75. The predicted octanol–water partition coefficient (Wildman–Crippen LogP) is 3.96. The fourth-order valence-corrected chi connectivity index (χ4v) is 3.83. The highest BCUT2D eigenvalue weighted by atomic mass is 16.5. The number of nitrogens with zero attached hydrogens (tertiary/aromatic N) is 2. The van der Waals surface area contributed by atoms with Gasteiger partial charge in [0.05, 0.1) is 6.10 Å². The van der Waals surface area contributed by atoms with E-state index < -0.39 is 0 Å². The average molecular weight is 345 g/mol. The highest BCUT2D eigenvalue weighted by Crippen LogP contribution is 2.24. The molecule has 0 aromatic heterocycles. The van der Waals surface area contributed by atoms with Crippen LogP contribution in [0.2, 0.25) is 0 Å². The molecule has 3 rings (SSSR count). The third-order valence-electron chi connectivity index (χ3n) is 5.17. The van der Waals surface area contributed by atoms with Crippen LogP contribution in [0.1, 0.15) is 46.0 Å². The summed E-state index contributed by atoms with van der Waals surface area (Å²) >= 11 is 0. The van der Waals surface area contributed by atoms with Gasteiger partial charge in [-0.05, 0) is 51.0 Å². The van der Waals surface area contributed by atoms with Crippen molar-refractivity contribution in [3.63, 3.8) is 0 Å². The lowest BCUT2D eigenvalue weighted by Gasteiger charge is -2.40. The van der Waals surface area contributed by atoms with Gasteiger partial charge in [-0.3, -0.25) is 4.90 Å². The third-order valence-corrected chi connectivity index (χ3v) is 5.17. The van der Waals surface area contributed by atoms with E-state index in [4.69, 9.17) is 4.74 Å². The van der Waals surface area contributed by atoms with Gasteiger partial charge in [-0.25, -0.2) is 4.79 Å². The van der Waals surface area contributed by atoms with Gasteiger partial charge in [0.25, 0.3) is 0 Å². The number of nitrogens with one attached hydrogen (secondary N) is 1. The smallest absolute Gasteiger partial charge is 0.321 e. The molecule has 5 heteroatoms. The number of piperazine rings is 1. The first-order chi connectivity index (χ1) is 12.1. The van der Waals surface area contributed by atoms with Crippen LogP contribution in [0.5, 0.6) is 5.75 Å². The summed E-state index contributed by atoms with van der Waals surface area (Å²) in [5.74, 6) is 0.828. The van der Waals surface area contributed by atoms with Gasteiger partial charge in [0, 0.05) is 37.9 Å². The molecule has 1 heterocycles. The van der Waals surface area contributed by atoms with Crippen LogP contribution in [0.4, 0.5) is 10.5 Å². The number of carbonyl (C=O) groups excluding carboxylic acids is 1. The molecule has 2 aliphatic rings. The van der Waals surface area contributed by atoms with Crippen molar-refractivity contribution in [3.05, 3.63) is 24.3 Å². The molecule has 0 unspecified atom stereocenters. The molecule has 2 amide bonds. The Balaban J connectivity index is 1.46. The van der Waals surface area contributed by atoms with Gasteiger partial charge >= 0.3 is 6.03 Å². The summed E-state index contributed by atoms with van der Waals surface area (Å²) in [6.07, 6.45) is 6.93. The lowest BCUT2D eigenvalue weighted by molar-refractivity contribution is 0.0943. The summed E-state index contributed by atoms with van der Waals surface area (Å²) in [6, 6.07) is 8.34. The van der Waals surface area contributed by atoms with Crippen molar-refractivity contribution < 1.29 is 9.53 Å². The van der Waals surface area contributed by atoms with Crippen LogP contribution >= 0.6 is 0 Å². The highest BCUT2D eigenvalue weighted by Gasteiger charge is 2.26. The summed E-state index contributed by atoms with van der Waals surface area (Å²) in [5.41, 5.74) is 0.816. The lowest BCUT2D eigenvalue weighted by Crippen LogP contribution is -2.53. The molecule has 1 aromatic rings. The van der Waals surface area contributed by atoms with Crippen LogP contribution in [0.3, 0.4) is 0 Å². The van der Waals surface area contributed by atoms with Gasteiger partial charge < -0.3 is 15.0 Å². The second-order valence-electron chi connectivity index (χ2n) is 7.44. The Labute approximate surface area is 151 Å². The highest BCUT2D eigenvalue weighted by molar-refractivity contribution is 5.89. The Bertz CT molecular complexity index is 545. The van der Waals surface area contributed by atoms with Crippen molar-refractivity contribution in [3.8, 4) is 5.75 Å². The van der Waals surface area contributed by atoms with Gasteiger partial charge in [-0.1, -0.05) is 19.3 Å². The molecule has 1 saturated heterocycles. The van der Waals surface area contributed by atoms with E-state index in [1.54, 1.807) is 0 Å². The topological polar surface area (TPSA) is 44.8 Å². The summed E-state index contributed by atoms with van der Waals surface area (Å²) in [4.78, 5) is 17.0. The SMILES string of the molecule is CC(C)Oc1ccc(NC(=O)N2CCN(C3CCCCC3)CC2)cc1. The van der Waals surface area contributed by atoms with E-state index in [2.05, 4.69) is 10.2 Å². The summed E-state index contributed by atoms with van der Waals surface area (Å²) in [6.45, 7) is 7.64. The van der Waals surface area contributed by atoms with Crippen LogP contribution in [0.15, 0.2) is 24.3 Å². The zero-order valence-electron chi connectivity index (χ0n) is 15.5. The predicted molar refractivity (Wildman–Crippen MR) is 101 cm³/mol. The van der Waals surface area contributed by atoms with Gasteiger partial charge in [0.1, 0.15) is 5.75 Å². The molecule has 0 radical (unpaired) electrons. The monoisotopic (exact) mass is 345 g/mol. The van der Waals surface area contributed by atoms with Crippen molar-refractivity contribution in [2.24, 2.45) is 0 Å². The van der Waals surface area contributed by atoms with Crippen LogP contribution in [0, 0.1) is 0 Å². The summed E-state index contributed by atoms with van der Waals surface area (Å²) < 4.78 is 5.63. The molecule has 0 atom stereocenters. The minimum absolute atomic E-state index is 0.000761. The zero-order chi connectivity index (χ0) is 17.6. The minimum atomic E-state index is 0.000761. The Morgan fingerprint density at radius 2 is 1.68 bits per heavy atom. The number of hydrogen-bond acceptors (Lipinski definition) is 3. The Morgan fingerprint density at radius 1 is 1.04 bits per heavy atom.